The minimum absolute atomic E-state index is 0.0998. The molecule has 0 atom stereocenters. The zero-order valence-electron chi connectivity index (χ0n) is 12.9. The number of anilines is 2. The lowest BCUT2D eigenvalue weighted by Gasteiger charge is -2.19. The van der Waals surface area contributed by atoms with E-state index in [1.165, 1.54) is 8.61 Å². The molecule has 1 aliphatic heterocycles. The monoisotopic (exact) mass is 321 g/mol. The lowest BCUT2D eigenvalue weighted by Crippen LogP contribution is -2.37. The molecule has 0 N–H and O–H groups in total. The fourth-order valence-electron chi connectivity index (χ4n) is 2.54. The number of rotatable bonds is 4. The van der Waals surface area contributed by atoms with Gasteiger partial charge in [0.15, 0.2) is 0 Å². The molecule has 0 unspecified atom stereocenters. The SMILES string of the molecule is CCN1c2ccccc2N(Cc2ncc(C(C)C)o2)S1(=O)=O. The lowest BCUT2D eigenvalue weighted by atomic mass is 10.2. The van der Waals surface area contributed by atoms with Crippen molar-refractivity contribution < 1.29 is 12.8 Å². The first kappa shape index (κ1) is 14.9. The van der Waals surface area contributed by atoms with E-state index in [4.69, 9.17) is 4.42 Å². The first-order chi connectivity index (χ1) is 10.4. The second-order valence-corrected chi connectivity index (χ2v) is 7.26. The maximum Gasteiger partial charge on any atom is 0.327 e. The van der Waals surface area contributed by atoms with E-state index >= 15 is 0 Å². The third-order valence-corrected chi connectivity index (χ3v) is 5.58. The summed E-state index contributed by atoms with van der Waals surface area (Å²) in [4.78, 5) is 4.20. The molecule has 0 spiro atoms. The molecule has 0 fully saturated rings. The lowest BCUT2D eigenvalue weighted by molar-refractivity contribution is 0.440. The van der Waals surface area contributed by atoms with E-state index in [0.717, 1.165) is 5.76 Å². The summed E-state index contributed by atoms with van der Waals surface area (Å²) >= 11 is 0. The highest BCUT2D eigenvalue weighted by molar-refractivity contribution is 7.94. The van der Waals surface area contributed by atoms with Gasteiger partial charge in [-0.15, -0.1) is 0 Å². The van der Waals surface area contributed by atoms with Crippen LogP contribution < -0.4 is 8.61 Å². The van der Waals surface area contributed by atoms with Gasteiger partial charge >= 0.3 is 10.2 Å². The van der Waals surface area contributed by atoms with Gasteiger partial charge in [0.05, 0.1) is 17.6 Å². The van der Waals surface area contributed by atoms with Crippen molar-refractivity contribution in [2.24, 2.45) is 0 Å². The molecule has 2 heterocycles. The summed E-state index contributed by atoms with van der Waals surface area (Å²) < 4.78 is 33.8. The Kier molecular flexibility index (Phi) is 3.60. The number of aromatic nitrogens is 1. The van der Waals surface area contributed by atoms with Crippen LogP contribution in [0.2, 0.25) is 0 Å². The van der Waals surface area contributed by atoms with Crippen molar-refractivity contribution in [3.8, 4) is 0 Å². The summed E-state index contributed by atoms with van der Waals surface area (Å²) in [6.07, 6.45) is 1.66. The van der Waals surface area contributed by atoms with E-state index in [1.807, 2.05) is 39.0 Å². The zero-order valence-corrected chi connectivity index (χ0v) is 13.7. The van der Waals surface area contributed by atoms with E-state index in [9.17, 15) is 8.42 Å². The number of oxazole rings is 1. The van der Waals surface area contributed by atoms with Crippen LogP contribution in [0.5, 0.6) is 0 Å². The van der Waals surface area contributed by atoms with E-state index < -0.39 is 10.2 Å². The number of nitrogens with zero attached hydrogens (tertiary/aromatic N) is 3. The molecule has 6 nitrogen and oxygen atoms in total. The minimum atomic E-state index is -3.58. The normalized spacial score (nSPS) is 16.4. The molecule has 1 aliphatic rings. The topological polar surface area (TPSA) is 66.7 Å². The van der Waals surface area contributed by atoms with E-state index in [1.54, 1.807) is 12.3 Å². The maximum absolute atomic E-state index is 12.7. The van der Waals surface area contributed by atoms with E-state index in [2.05, 4.69) is 4.98 Å². The van der Waals surface area contributed by atoms with Crippen molar-refractivity contribution in [1.82, 2.24) is 4.98 Å². The van der Waals surface area contributed by atoms with Crippen LogP contribution in [-0.4, -0.2) is 19.9 Å². The van der Waals surface area contributed by atoms with Gasteiger partial charge < -0.3 is 4.42 Å². The molecule has 1 aromatic heterocycles. The molecule has 2 aromatic rings. The van der Waals surface area contributed by atoms with Gasteiger partial charge in [0.25, 0.3) is 0 Å². The Bertz CT molecular complexity index is 783. The van der Waals surface area contributed by atoms with Crippen LogP contribution in [0.1, 0.15) is 38.3 Å². The van der Waals surface area contributed by atoms with Crippen molar-refractivity contribution in [3.05, 3.63) is 42.1 Å². The van der Waals surface area contributed by atoms with Gasteiger partial charge in [0, 0.05) is 12.5 Å². The number of fused-ring (bicyclic) bond motifs is 1. The molecule has 0 saturated carbocycles. The predicted molar refractivity (Wildman–Crippen MR) is 85.2 cm³/mol. The van der Waals surface area contributed by atoms with Crippen LogP contribution in [0.3, 0.4) is 0 Å². The molecule has 0 bridgehead atoms. The summed E-state index contributed by atoms with van der Waals surface area (Å²) in [7, 11) is -3.58. The van der Waals surface area contributed by atoms with Crippen molar-refractivity contribution in [2.75, 3.05) is 15.2 Å². The molecule has 0 radical (unpaired) electrons. The zero-order chi connectivity index (χ0) is 15.9. The Morgan fingerprint density at radius 3 is 2.36 bits per heavy atom. The van der Waals surface area contributed by atoms with Crippen LogP contribution in [0.25, 0.3) is 0 Å². The average molecular weight is 321 g/mol. The van der Waals surface area contributed by atoms with Crippen LogP contribution in [0.4, 0.5) is 11.4 Å². The molecule has 0 amide bonds. The predicted octanol–water partition coefficient (Wildman–Crippen LogP) is 2.89. The standard InChI is InChI=1S/C15H19N3O3S/c1-4-17-12-7-5-6-8-13(12)18(22(17,19)20)10-15-16-9-14(21-15)11(2)3/h5-9,11H,4,10H2,1-3H3. The van der Waals surface area contributed by atoms with Gasteiger partial charge in [-0.25, -0.2) is 9.29 Å². The van der Waals surface area contributed by atoms with Crippen LogP contribution in [-0.2, 0) is 16.8 Å². The molecule has 7 heteroatoms. The second kappa shape index (κ2) is 5.31. The highest BCUT2D eigenvalue weighted by Gasteiger charge is 2.39. The van der Waals surface area contributed by atoms with Gasteiger partial charge in [-0.05, 0) is 19.1 Å². The highest BCUT2D eigenvalue weighted by Crippen LogP contribution is 2.41. The summed E-state index contributed by atoms with van der Waals surface area (Å²) in [6, 6.07) is 7.28. The third-order valence-electron chi connectivity index (χ3n) is 3.68. The first-order valence-electron chi connectivity index (χ1n) is 7.29. The average Bonchev–Trinajstić information content (AvgIpc) is 3.02. The quantitative estimate of drug-likeness (QED) is 0.868. The molecule has 0 saturated heterocycles. The Balaban J connectivity index is 1.98. The highest BCUT2D eigenvalue weighted by atomic mass is 32.2. The summed E-state index contributed by atoms with van der Waals surface area (Å²) in [5.41, 5.74) is 1.36. The van der Waals surface area contributed by atoms with Crippen molar-refractivity contribution >= 4 is 21.6 Å². The van der Waals surface area contributed by atoms with E-state index in [-0.39, 0.29) is 12.5 Å². The van der Waals surface area contributed by atoms with Gasteiger partial charge in [0.1, 0.15) is 12.3 Å². The molecule has 0 aliphatic carbocycles. The van der Waals surface area contributed by atoms with Crippen LogP contribution >= 0.6 is 0 Å². The summed E-state index contributed by atoms with van der Waals surface area (Å²) in [5.74, 6) is 1.38. The maximum atomic E-state index is 12.7. The largest absolute Gasteiger partial charge is 0.443 e. The number of para-hydroxylation sites is 2. The van der Waals surface area contributed by atoms with Gasteiger partial charge in [-0.3, -0.25) is 4.31 Å². The molecule has 22 heavy (non-hydrogen) atoms. The smallest absolute Gasteiger partial charge is 0.327 e. The Morgan fingerprint density at radius 2 is 1.82 bits per heavy atom. The van der Waals surface area contributed by atoms with Crippen molar-refractivity contribution in [3.63, 3.8) is 0 Å². The molecule has 3 rings (SSSR count). The van der Waals surface area contributed by atoms with Crippen molar-refractivity contribution in [2.45, 2.75) is 33.2 Å². The van der Waals surface area contributed by atoms with Gasteiger partial charge in [0.2, 0.25) is 5.89 Å². The second-order valence-electron chi connectivity index (χ2n) is 5.48. The van der Waals surface area contributed by atoms with Crippen LogP contribution in [0, 0.1) is 0 Å². The Morgan fingerprint density at radius 1 is 1.18 bits per heavy atom. The Hall–Kier alpha value is -2.02. The van der Waals surface area contributed by atoms with Crippen LogP contribution in [0.15, 0.2) is 34.9 Å². The van der Waals surface area contributed by atoms with Gasteiger partial charge in [-0.2, -0.15) is 8.42 Å². The Labute approximate surface area is 130 Å². The fraction of sp³-hybridized carbons (Fsp3) is 0.400. The molecular weight excluding hydrogens is 302 g/mol. The minimum Gasteiger partial charge on any atom is -0.443 e. The number of hydrogen-bond donors (Lipinski definition) is 0. The van der Waals surface area contributed by atoms with E-state index in [0.29, 0.717) is 23.8 Å². The third kappa shape index (κ3) is 2.25. The van der Waals surface area contributed by atoms with Crippen molar-refractivity contribution in [1.29, 1.82) is 0 Å². The molecular formula is C15H19N3O3S. The summed E-state index contributed by atoms with van der Waals surface area (Å²) in [6.45, 7) is 6.32. The summed E-state index contributed by atoms with van der Waals surface area (Å²) in [5, 5.41) is 0. The number of benzene rings is 1. The van der Waals surface area contributed by atoms with Gasteiger partial charge in [-0.1, -0.05) is 26.0 Å². The molecule has 118 valence electrons. The fourth-order valence-corrected chi connectivity index (χ4v) is 4.18. The number of hydrogen-bond acceptors (Lipinski definition) is 4. The first-order valence-corrected chi connectivity index (χ1v) is 8.69. The molecule has 1 aromatic carbocycles.